The Hall–Kier alpha value is -3.23. The van der Waals surface area contributed by atoms with Gasteiger partial charge in [-0.25, -0.2) is 4.98 Å². The third-order valence-electron chi connectivity index (χ3n) is 5.68. The zero-order valence-electron chi connectivity index (χ0n) is 15.6. The molecule has 0 bridgehead atoms. The Morgan fingerprint density at radius 1 is 0.517 bits per heavy atom. The van der Waals surface area contributed by atoms with Crippen molar-refractivity contribution < 1.29 is 0 Å². The van der Waals surface area contributed by atoms with Gasteiger partial charge >= 0.3 is 0 Å². The number of benzene rings is 5. The summed E-state index contributed by atoms with van der Waals surface area (Å²) in [5.74, 6) is 0. The summed E-state index contributed by atoms with van der Waals surface area (Å²) in [5.41, 5.74) is 3.21. The number of aromatic nitrogens is 1. The molecule has 29 heavy (non-hydrogen) atoms. The highest BCUT2D eigenvalue weighted by molar-refractivity contribution is 9.10. The molecule has 0 aliphatic rings. The van der Waals surface area contributed by atoms with E-state index in [9.17, 15) is 0 Å². The predicted molar refractivity (Wildman–Crippen MR) is 127 cm³/mol. The van der Waals surface area contributed by atoms with Crippen molar-refractivity contribution in [2.24, 2.45) is 0 Å². The van der Waals surface area contributed by atoms with Crippen molar-refractivity contribution in [3.05, 3.63) is 102 Å². The maximum Gasteiger partial charge on any atom is 0.0800 e. The number of fused-ring (bicyclic) bond motifs is 8. The number of nitrogens with zero attached hydrogens (tertiary/aromatic N) is 1. The second kappa shape index (κ2) is 6.40. The normalized spacial score (nSPS) is 11.6. The van der Waals surface area contributed by atoms with Crippen LogP contribution in [-0.2, 0) is 0 Å². The summed E-state index contributed by atoms with van der Waals surface area (Å²) in [6, 6.07) is 34.3. The van der Waals surface area contributed by atoms with E-state index in [2.05, 4.69) is 113 Å². The Balaban J connectivity index is 1.93. The molecule has 0 aliphatic heterocycles. The van der Waals surface area contributed by atoms with Crippen LogP contribution in [-0.4, -0.2) is 4.98 Å². The fraction of sp³-hybridized carbons (Fsp3) is 0. The third kappa shape index (κ3) is 2.49. The summed E-state index contributed by atoms with van der Waals surface area (Å²) in [5, 5.41) is 8.63. The first-order chi connectivity index (χ1) is 14.3. The molecule has 0 aliphatic carbocycles. The molecule has 0 atom stereocenters. The summed E-state index contributed by atoms with van der Waals surface area (Å²) in [6.45, 7) is 0. The Morgan fingerprint density at radius 2 is 1.07 bits per heavy atom. The summed E-state index contributed by atoms with van der Waals surface area (Å²) in [7, 11) is 0. The number of halogens is 1. The van der Waals surface area contributed by atoms with Gasteiger partial charge in [0.2, 0.25) is 0 Å². The van der Waals surface area contributed by atoms with E-state index >= 15 is 0 Å². The molecule has 1 nitrogen and oxygen atoms in total. The first-order valence-corrected chi connectivity index (χ1v) is 10.5. The first kappa shape index (κ1) is 16.7. The molecule has 0 saturated heterocycles. The number of pyridine rings is 1. The van der Waals surface area contributed by atoms with E-state index in [1.165, 1.54) is 37.7 Å². The van der Waals surface area contributed by atoms with Gasteiger partial charge in [0, 0.05) is 26.2 Å². The monoisotopic (exact) mass is 433 g/mol. The van der Waals surface area contributed by atoms with E-state index in [4.69, 9.17) is 4.98 Å². The van der Waals surface area contributed by atoms with Gasteiger partial charge in [-0.2, -0.15) is 0 Å². The van der Waals surface area contributed by atoms with Gasteiger partial charge in [-0.05, 0) is 33.7 Å². The Morgan fingerprint density at radius 3 is 1.76 bits per heavy atom. The standard InChI is InChI=1S/C27H16BrN/c28-18-9-7-8-17(16-18)26-24-15-6-4-13-22(24)25-21-12-3-1-10-19(21)20-11-2-5-14-23(20)27(25)29-26/h1-16H. The molecular formula is C27H16BrN. The molecule has 1 aromatic heterocycles. The van der Waals surface area contributed by atoms with Gasteiger partial charge in [-0.1, -0.05) is 101 Å². The van der Waals surface area contributed by atoms with Gasteiger partial charge in [-0.3, -0.25) is 0 Å². The van der Waals surface area contributed by atoms with Crippen LogP contribution in [0, 0.1) is 0 Å². The van der Waals surface area contributed by atoms with Gasteiger partial charge in [0.15, 0.2) is 0 Å². The minimum atomic E-state index is 1.02. The quantitative estimate of drug-likeness (QED) is 0.238. The van der Waals surface area contributed by atoms with Crippen LogP contribution < -0.4 is 0 Å². The largest absolute Gasteiger partial charge is 0.246 e. The lowest BCUT2D eigenvalue weighted by Gasteiger charge is -2.15. The molecule has 0 N–H and O–H groups in total. The highest BCUT2D eigenvalue weighted by atomic mass is 79.9. The Bertz CT molecular complexity index is 1570. The SMILES string of the molecule is Brc1cccc(-c2nc3c4ccccc4c4ccccc4c3c3ccccc23)c1. The first-order valence-electron chi connectivity index (χ1n) is 9.69. The van der Waals surface area contributed by atoms with E-state index in [1.807, 2.05) is 0 Å². The number of hydrogen-bond donors (Lipinski definition) is 0. The summed E-state index contributed by atoms with van der Waals surface area (Å²) in [6.07, 6.45) is 0. The smallest absolute Gasteiger partial charge is 0.0800 e. The van der Waals surface area contributed by atoms with Crippen molar-refractivity contribution in [3.8, 4) is 11.3 Å². The molecule has 0 unspecified atom stereocenters. The summed E-state index contributed by atoms with van der Waals surface area (Å²) < 4.78 is 1.06. The second-order valence-electron chi connectivity index (χ2n) is 7.33. The fourth-order valence-electron chi connectivity index (χ4n) is 4.45. The van der Waals surface area contributed by atoms with Crippen molar-refractivity contribution in [1.82, 2.24) is 4.98 Å². The van der Waals surface area contributed by atoms with Crippen molar-refractivity contribution >= 4 is 59.2 Å². The molecular weight excluding hydrogens is 418 g/mol. The van der Waals surface area contributed by atoms with Crippen LogP contribution in [0.5, 0.6) is 0 Å². The molecule has 136 valence electrons. The molecule has 1 heterocycles. The van der Waals surface area contributed by atoms with E-state index in [1.54, 1.807) is 0 Å². The Labute approximate surface area is 176 Å². The highest BCUT2D eigenvalue weighted by Gasteiger charge is 2.15. The maximum atomic E-state index is 5.27. The molecule has 2 heteroatoms. The third-order valence-corrected chi connectivity index (χ3v) is 6.17. The molecule has 0 spiro atoms. The molecule has 0 fully saturated rings. The summed E-state index contributed by atoms with van der Waals surface area (Å²) >= 11 is 3.62. The van der Waals surface area contributed by atoms with Crippen molar-refractivity contribution in [2.75, 3.05) is 0 Å². The van der Waals surface area contributed by atoms with Crippen molar-refractivity contribution in [1.29, 1.82) is 0 Å². The number of rotatable bonds is 1. The number of hydrogen-bond acceptors (Lipinski definition) is 1. The summed E-state index contributed by atoms with van der Waals surface area (Å²) in [4.78, 5) is 5.27. The minimum Gasteiger partial charge on any atom is -0.246 e. The highest BCUT2D eigenvalue weighted by Crippen LogP contribution is 2.40. The van der Waals surface area contributed by atoms with Crippen molar-refractivity contribution in [2.45, 2.75) is 0 Å². The van der Waals surface area contributed by atoms with E-state index in [-0.39, 0.29) is 0 Å². The Kier molecular flexibility index (Phi) is 3.68. The van der Waals surface area contributed by atoms with Gasteiger partial charge in [0.05, 0.1) is 11.2 Å². The maximum absolute atomic E-state index is 5.27. The zero-order valence-corrected chi connectivity index (χ0v) is 17.1. The topological polar surface area (TPSA) is 12.9 Å². The minimum absolute atomic E-state index is 1.02. The fourth-order valence-corrected chi connectivity index (χ4v) is 4.85. The van der Waals surface area contributed by atoms with Crippen LogP contribution in [0.15, 0.2) is 102 Å². The molecule has 0 saturated carbocycles. The van der Waals surface area contributed by atoms with Gasteiger partial charge in [-0.15, -0.1) is 0 Å². The molecule has 0 radical (unpaired) electrons. The van der Waals surface area contributed by atoms with Crippen LogP contribution in [0.2, 0.25) is 0 Å². The molecule has 5 aromatic carbocycles. The second-order valence-corrected chi connectivity index (χ2v) is 8.25. The van der Waals surface area contributed by atoms with E-state index < -0.39 is 0 Å². The lowest BCUT2D eigenvalue weighted by molar-refractivity contribution is 1.44. The molecule has 0 amide bonds. The van der Waals surface area contributed by atoms with Crippen molar-refractivity contribution in [3.63, 3.8) is 0 Å². The van der Waals surface area contributed by atoms with Crippen LogP contribution in [0.1, 0.15) is 0 Å². The molecule has 6 rings (SSSR count). The lowest BCUT2D eigenvalue weighted by atomic mass is 9.92. The average Bonchev–Trinajstić information content (AvgIpc) is 2.78. The van der Waals surface area contributed by atoms with Crippen LogP contribution in [0.4, 0.5) is 0 Å². The van der Waals surface area contributed by atoms with E-state index in [0.29, 0.717) is 0 Å². The van der Waals surface area contributed by atoms with Gasteiger partial charge < -0.3 is 0 Å². The van der Waals surface area contributed by atoms with Crippen LogP contribution >= 0.6 is 15.9 Å². The average molecular weight is 434 g/mol. The van der Waals surface area contributed by atoms with Crippen LogP contribution in [0.25, 0.3) is 54.5 Å². The van der Waals surface area contributed by atoms with Gasteiger partial charge in [0.25, 0.3) is 0 Å². The van der Waals surface area contributed by atoms with E-state index in [0.717, 1.165) is 21.2 Å². The molecule has 6 aromatic rings. The lowest BCUT2D eigenvalue weighted by Crippen LogP contribution is -1.92. The van der Waals surface area contributed by atoms with Crippen LogP contribution in [0.3, 0.4) is 0 Å². The zero-order chi connectivity index (χ0) is 19.4. The predicted octanol–water partition coefficient (Wildman–Crippen LogP) is 8.12. The van der Waals surface area contributed by atoms with Gasteiger partial charge in [0.1, 0.15) is 0 Å².